The van der Waals surface area contributed by atoms with Crippen molar-refractivity contribution in [2.45, 2.75) is 45.1 Å². The van der Waals surface area contributed by atoms with E-state index in [1.807, 2.05) is 12.1 Å². The highest BCUT2D eigenvalue weighted by Gasteiger charge is 2.24. The van der Waals surface area contributed by atoms with Gasteiger partial charge in [0.2, 0.25) is 5.91 Å². The number of methoxy groups -OCH3 is 1. The van der Waals surface area contributed by atoms with Gasteiger partial charge in [0.25, 0.3) is 0 Å². The molecule has 0 bridgehead atoms. The predicted octanol–water partition coefficient (Wildman–Crippen LogP) is 5.97. The van der Waals surface area contributed by atoms with Crippen LogP contribution in [0.4, 0.5) is 0 Å². The van der Waals surface area contributed by atoms with Gasteiger partial charge in [0, 0.05) is 62.2 Å². The van der Waals surface area contributed by atoms with Crippen LogP contribution in [0.15, 0.2) is 79.0 Å². The second kappa shape index (κ2) is 12.9. The summed E-state index contributed by atoms with van der Waals surface area (Å²) in [5.74, 6) is 0.870. The maximum Gasteiger partial charge on any atom is 0.220 e. The fourth-order valence-corrected chi connectivity index (χ4v) is 5.67. The zero-order chi connectivity index (χ0) is 28.8. The van der Waals surface area contributed by atoms with Crippen LogP contribution < -0.4 is 10.1 Å². The van der Waals surface area contributed by atoms with Crippen molar-refractivity contribution in [1.29, 1.82) is 0 Å². The molecule has 0 aliphatic carbocycles. The largest absolute Gasteiger partial charge is 0.497 e. The molecule has 0 radical (unpaired) electrons. The van der Waals surface area contributed by atoms with Gasteiger partial charge in [-0.2, -0.15) is 0 Å². The summed E-state index contributed by atoms with van der Waals surface area (Å²) in [6, 6.07) is 25.6. The number of fused-ring (bicyclic) bond motifs is 1. The summed E-state index contributed by atoms with van der Waals surface area (Å²) in [5, 5.41) is 4.39. The molecule has 1 atom stereocenters. The minimum atomic E-state index is -0.0607. The molecular weight excluding hydrogens is 510 g/mol. The number of hydrogen-bond donors (Lipinski definition) is 1. The van der Waals surface area contributed by atoms with E-state index in [2.05, 4.69) is 102 Å². The van der Waals surface area contributed by atoms with E-state index < -0.39 is 0 Å². The molecule has 3 aromatic carbocycles. The molecule has 0 unspecified atom stereocenters. The minimum absolute atomic E-state index is 0.0607. The number of morpholine rings is 1. The monoisotopic (exact) mass is 553 g/mol. The number of ether oxygens (including phenoxy) is 2. The lowest BCUT2D eigenvalue weighted by Crippen LogP contribution is -2.41. The van der Waals surface area contributed by atoms with E-state index in [9.17, 15) is 4.79 Å². The van der Waals surface area contributed by atoms with E-state index in [1.165, 1.54) is 27.6 Å². The number of carbonyl (C=O) groups excluding carboxylic acids is 1. The lowest BCUT2D eigenvalue weighted by atomic mass is 9.83. The Hall–Kier alpha value is -3.61. The normalized spacial score (nSPS) is 15.1. The number of nitrogens with zero attached hydrogens (tertiary/aromatic N) is 2. The van der Waals surface area contributed by atoms with Crippen molar-refractivity contribution >= 4 is 16.8 Å². The average Bonchev–Trinajstić information content (AvgIpc) is 3.34. The predicted molar refractivity (Wildman–Crippen MR) is 166 cm³/mol. The first-order valence-electron chi connectivity index (χ1n) is 14.7. The van der Waals surface area contributed by atoms with Gasteiger partial charge in [0.15, 0.2) is 0 Å². The molecule has 6 nitrogen and oxygen atoms in total. The first-order valence-corrected chi connectivity index (χ1v) is 14.7. The Kier molecular flexibility index (Phi) is 9.11. The molecule has 41 heavy (non-hydrogen) atoms. The molecule has 0 saturated carbocycles. The smallest absolute Gasteiger partial charge is 0.220 e. The van der Waals surface area contributed by atoms with E-state index in [0.29, 0.717) is 13.0 Å². The van der Waals surface area contributed by atoms with Crippen LogP contribution in [0.3, 0.4) is 0 Å². The third kappa shape index (κ3) is 7.19. The lowest BCUT2D eigenvalue weighted by Gasteiger charge is -2.26. The zero-order valence-corrected chi connectivity index (χ0v) is 24.9. The Balaban J connectivity index is 1.44. The molecule has 2 heterocycles. The minimum Gasteiger partial charge on any atom is -0.497 e. The topological polar surface area (TPSA) is 55.7 Å². The van der Waals surface area contributed by atoms with Gasteiger partial charge < -0.3 is 19.4 Å². The fraction of sp³-hybridized carbons (Fsp3) is 0.400. The van der Waals surface area contributed by atoms with Crippen LogP contribution in [-0.2, 0) is 21.5 Å². The molecule has 6 heteroatoms. The Morgan fingerprint density at radius 2 is 1.68 bits per heavy atom. The molecule has 1 aliphatic rings. The summed E-state index contributed by atoms with van der Waals surface area (Å²) < 4.78 is 13.1. The highest BCUT2D eigenvalue weighted by atomic mass is 16.5. The quantitative estimate of drug-likeness (QED) is 0.263. The number of hydrogen-bond acceptors (Lipinski definition) is 4. The van der Waals surface area contributed by atoms with Crippen molar-refractivity contribution < 1.29 is 14.3 Å². The number of aromatic nitrogens is 1. The van der Waals surface area contributed by atoms with Crippen LogP contribution in [0.5, 0.6) is 5.75 Å². The molecule has 4 aromatic rings. The van der Waals surface area contributed by atoms with Gasteiger partial charge in [-0.1, -0.05) is 75.4 Å². The summed E-state index contributed by atoms with van der Waals surface area (Å²) in [6.45, 7) is 12.3. The maximum atomic E-state index is 13.4. The van der Waals surface area contributed by atoms with Gasteiger partial charge in [0.1, 0.15) is 5.75 Å². The summed E-state index contributed by atoms with van der Waals surface area (Å²) in [4.78, 5) is 15.7. The Labute approximate surface area is 244 Å². The summed E-state index contributed by atoms with van der Waals surface area (Å²) >= 11 is 0. The standard InChI is InChI=1S/C35H43N3O3/c1-35(2,3)28-13-11-27(12-14-28)31(23-34(39)36-17-18-37-19-21-41-22-20-37)32-25-38(33-8-6-5-7-30(32)33)24-26-9-15-29(40-4)16-10-26/h5-16,25,31H,17-24H2,1-4H3,(H,36,39)/t31-/m0/s1. The SMILES string of the molecule is COc1ccc(Cn2cc([C@@H](CC(=O)NCCN3CCOCC3)c3ccc(C(C)(C)C)cc3)c3ccccc32)cc1. The highest BCUT2D eigenvalue weighted by Crippen LogP contribution is 2.36. The number of carbonyl (C=O) groups is 1. The number of rotatable bonds is 10. The summed E-state index contributed by atoms with van der Waals surface area (Å²) in [5.41, 5.74) is 6.07. The van der Waals surface area contributed by atoms with Gasteiger partial charge in [-0.3, -0.25) is 9.69 Å². The molecule has 1 amide bonds. The molecule has 1 fully saturated rings. The first kappa shape index (κ1) is 28.9. The van der Waals surface area contributed by atoms with Crippen molar-refractivity contribution in [3.63, 3.8) is 0 Å². The van der Waals surface area contributed by atoms with Crippen LogP contribution >= 0.6 is 0 Å². The third-order valence-corrected chi connectivity index (χ3v) is 8.13. The highest BCUT2D eigenvalue weighted by molar-refractivity contribution is 5.86. The summed E-state index contributed by atoms with van der Waals surface area (Å²) in [6.07, 6.45) is 2.65. The first-order chi connectivity index (χ1) is 19.8. The van der Waals surface area contributed by atoms with Crippen molar-refractivity contribution in [2.24, 2.45) is 0 Å². The molecule has 1 aliphatic heterocycles. The number of nitrogens with one attached hydrogen (secondary N) is 1. The van der Waals surface area contributed by atoms with Crippen molar-refractivity contribution in [2.75, 3.05) is 46.5 Å². The summed E-state index contributed by atoms with van der Waals surface area (Å²) in [7, 11) is 1.69. The van der Waals surface area contributed by atoms with E-state index in [-0.39, 0.29) is 17.2 Å². The van der Waals surface area contributed by atoms with Gasteiger partial charge in [-0.05, 0) is 45.9 Å². The molecule has 5 rings (SSSR count). The van der Waals surface area contributed by atoms with Gasteiger partial charge >= 0.3 is 0 Å². The van der Waals surface area contributed by atoms with Gasteiger partial charge in [-0.15, -0.1) is 0 Å². The van der Waals surface area contributed by atoms with Gasteiger partial charge in [-0.25, -0.2) is 0 Å². The van der Waals surface area contributed by atoms with Crippen LogP contribution in [0.1, 0.15) is 55.4 Å². The van der Waals surface area contributed by atoms with Gasteiger partial charge in [0.05, 0.1) is 20.3 Å². The van der Waals surface area contributed by atoms with Crippen molar-refractivity contribution in [3.8, 4) is 5.75 Å². The van der Waals surface area contributed by atoms with Crippen LogP contribution in [0.25, 0.3) is 10.9 Å². The number of amides is 1. The maximum absolute atomic E-state index is 13.4. The molecule has 1 aromatic heterocycles. The van der Waals surface area contributed by atoms with Crippen molar-refractivity contribution in [3.05, 3.63) is 101 Å². The van der Waals surface area contributed by atoms with Crippen molar-refractivity contribution in [1.82, 2.24) is 14.8 Å². The lowest BCUT2D eigenvalue weighted by molar-refractivity contribution is -0.121. The molecular formula is C35H43N3O3. The molecule has 0 spiro atoms. The third-order valence-electron chi connectivity index (χ3n) is 8.13. The van der Waals surface area contributed by atoms with E-state index >= 15 is 0 Å². The number of para-hydroxylation sites is 1. The molecule has 1 N–H and O–H groups in total. The second-order valence-electron chi connectivity index (χ2n) is 12.0. The fourth-order valence-electron chi connectivity index (χ4n) is 5.67. The van der Waals surface area contributed by atoms with E-state index in [1.54, 1.807) is 7.11 Å². The zero-order valence-electron chi connectivity index (χ0n) is 24.9. The van der Waals surface area contributed by atoms with Crippen LogP contribution in [0, 0.1) is 0 Å². The van der Waals surface area contributed by atoms with E-state index in [0.717, 1.165) is 50.7 Å². The molecule has 1 saturated heterocycles. The second-order valence-corrected chi connectivity index (χ2v) is 12.0. The Morgan fingerprint density at radius 1 is 0.976 bits per heavy atom. The Bertz CT molecular complexity index is 1430. The van der Waals surface area contributed by atoms with Crippen LogP contribution in [-0.4, -0.2) is 61.9 Å². The van der Waals surface area contributed by atoms with E-state index in [4.69, 9.17) is 9.47 Å². The Morgan fingerprint density at radius 3 is 2.37 bits per heavy atom. The average molecular weight is 554 g/mol. The molecule has 216 valence electrons. The van der Waals surface area contributed by atoms with Crippen LogP contribution in [0.2, 0.25) is 0 Å². The number of benzene rings is 3.